The van der Waals surface area contributed by atoms with Crippen molar-refractivity contribution in [3.63, 3.8) is 0 Å². The van der Waals surface area contributed by atoms with Gasteiger partial charge in [0, 0.05) is 25.2 Å². The van der Waals surface area contributed by atoms with Gasteiger partial charge in [-0.3, -0.25) is 14.6 Å². The van der Waals surface area contributed by atoms with Gasteiger partial charge in [-0.05, 0) is 18.9 Å². The highest BCUT2D eigenvalue weighted by molar-refractivity contribution is 6.05. The topological polar surface area (TPSA) is 106 Å². The zero-order valence-electron chi connectivity index (χ0n) is 16.1. The number of para-hydroxylation sites is 1. The number of carbonyl (C=O) groups is 1. The van der Waals surface area contributed by atoms with Crippen molar-refractivity contribution in [2.75, 3.05) is 6.54 Å². The van der Waals surface area contributed by atoms with Crippen LogP contribution in [-0.2, 0) is 7.05 Å². The van der Waals surface area contributed by atoms with Gasteiger partial charge in [0.05, 0.1) is 35.1 Å². The second-order valence-corrected chi connectivity index (χ2v) is 7.36. The highest BCUT2D eigenvalue weighted by Gasteiger charge is 2.32. The van der Waals surface area contributed by atoms with E-state index in [-0.39, 0.29) is 11.9 Å². The number of hydrogen-bond acceptors (Lipinski definition) is 6. The molecule has 1 aliphatic heterocycles. The first-order valence-corrected chi connectivity index (χ1v) is 9.76. The third kappa shape index (κ3) is 3.18. The summed E-state index contributed by atoms with van der Waals surface area (Å²) in [7, 11) is 1.84. The zero-order valence-corrected chi connectivity index (χ0v) is 16.1. The molecule has 0 spiro atoms. The molecule has 1 atom stereocenters. The fourth-order valence-electron chi connectivity index (χ4n) is 3.94. The number of aryl methyl sites for hydroxylation is 1. The summed E-state index contributed by atoms with van der Waals surface area (Å²) in [6.07, 6.45) is 9.08. The van der Waals surface area contributed by atoms with E-state index in [2.05, 4.69) is 25.4 Å². The maximum absolute atomic E-state index is 13.5. The molecule has 3 aromatic heterocycles. The first kappa shape index (κ1) is 17.6. The lowest BCUT2D eigenvalue weighted by Crippen LogP contribution is -2.35. The monoisotopic (exact) mass is 391 g/mol. The van der Waals surface area contributed by atoms with Crippen molar-refractivity contribution in [1.82, 2.24) is 35.0 Å². The first-order valence-electron chi connectivity index (χ1n) is 9.76. The van der Waals surface area contributed by atoms with E-state index in [1.54, 1.807) is 17.1 Å². The molecule has 1 aliphatic rings. The lowest BCUT2D eigenvalue weighted by molar-refractivity contribution is 0.0672. The molecular formula is C20H21N7O2. The molecule has 4 heterocycles. The van der Waals surface area contributed by atoms with Crippen LogP contribution in [0.5, 0.6) is 0 Å². The van der Waals surface area contributed by atoms with Crippen molar-refractivity contribution in [2.24, 2.45) is 7.05 Å². The van der Waals surface area contributed by atoms with Crippen LogP contribution in [0.25, 0.3) is 22.4 Å². The van der Waals surface area contributed by atoms with Crippen LogP contribution in [0, 0.1) is 0 Å². The SMILES string of the molecule is Cn1cc(-c2nc([C@H]3CCCCCN3C(=O)c3cccc4cn[nH]c34)no2)cn1. The number of nitrogens with zero attached hydrogens (tertiary/aromatic N) is 6. The van der Waals surface area contributed by atoms with E-state index in [0.29, 0.717) is 23.8 Å². The average Bonchev–Trinajstić information content (AvgIpc) is 3.45. The second kappa shape index (κ2) is 7.16. The maximum Gasteiger partial charge on any atom is 0.261 e. The number of carbonyl (C=O) groups excluding carboxylic acids is 1. The summed E-state index contributed by atoms with van der Waals surface area (Å²) in [6, 6.07) is 5.43. The van der Waals surface area contributed by atoms with Crippen LogP contribution >= 0.6 is 0 Å². The molecule has 0 aliphatic carbocycles. The van der Waals surface area contributed by atoms with Gasteiger partial charge in [-0.1, -0.05) is 30.1 Å². The third-order valence-electron chi connectivity index (χ3n) is 5.41. The Hall–Kier alpha value is -3.49. The van der Waals surface area contributed by atoms with Crippen LogP contribution in [-0.4, -0.2) is 47.5 Å². The molecule has 0 radical (unpaired) electrons. The van der Waals surface area contributed by atoms with Crippen LogP contribution in [0.3, 0.4) is 0 Å². The van der Waals surface area contributed by atoms with E-state index in [9.17, 15) is 4.79 Å². The number of nitrogens with one attached hydrogen (secondary N) is 1. The van der Waals surface area contributed by atoms with Crippen molar-refractivity contribution in [1.29, 1.82) is 0 Å². The molecule has 29 heavy (non-hydrogen) atoms. The van der Waals surface area contributed by atoms with Gasteiger partial charge in [0.15, 0.2) is 5.82 Å². The van der Waals surface area contributed by atoms with Crippen molar-refractivity contribution in [2.45, 2.75) is 31.7 Å². The standard InChI is InChI=1S/C20H21N7O2/c1-26-12-14(11-22-26)19-23-18(25-29-19)16-8-3-2-4-9-27(16)20(28)15-7-5-6-13-10-21-24-17(13)15/h5-7,10-12,16H,2-4,8-9H2,1H3,(H,21,24)/t16-/m1/s1. The highest BCUT2D eigenvalue weighted by Crippen LogP contribution is 2.32. The van der Waals surface area contributed by atoms with Crippen LogP contribution < -0.4 is 0 Å². The summed E-state index contributed by atoms with van der Waals surface area (Å²) in [6.45, 7) is 0.658. The Morgan fingerprint density at radius 2 is 2.17 bits per heavy atom. The predicted molar refractivity (Wildman–Crippen MR) is 105 cm³/mol. The average molecular weight is 391 g/mol. The Morgan fingerprint density at radius 3 is 3.03 bits per heavy atom. The normalized spacial score (nSPS) is 17.6. The Labute approximate surface area is 166 Å². The quantitative estimate of drug-likeness (QED) is 0.575. The van der Waals surface area contributed by atoms with Gasteiger partial charge in [-0.15, -0.1) is 0 Å². The zero-order chi connectivity index (χ0) is 19.8. The maximum atomic E-state index is 13.5. The Balaban J connectivity index is 1.50. The van der Waals surface area contributed by atoms with E-state index in [1.807, 2.05) is 36.3 Å². The van der Waals surface area contributed by atoms with E-state index < -0.39 is 0 Å². The molecule has 148 valence electrons. The van der Waals surface area contributed by atoms with Crippen LogP contribution in [0.15, 0.2) is 41.3 Å². The molecule has 4 aromatic rings. The van der Waals surface area contributed by atoms with Crippen molar-refractivity contribution >= 4 is 16.8 Å². The molecule has 0 unspecified atom stereocenters. The molecule has 1 saturated heterocycles. The van der Waals surface area contributed by atoms with Crippen LogP contribution in [0.1, 0.15) is 47.9 Å². The van der Waals surface area contributed by atoms with E-state index in [4.69, 9.17) is 4.52 Å². The first-order chi connectivity index (χ1) is 14.2. The molecule has 0 saturated carbocycles. The number of likely N-dealkylation sites (tertiary alicyclic amines) is 1. The van der Waals surface area contributed by atoms with Gasteiger partial charge in [0.1, 0.15) is 0 Å². The van der Waals surface area contributed by atoms with E-state index in [1.165, 1.54) is 0 Å². The van der Waals surface area contributed by atoms with Gasteiger partial charge >= 0.3 is 0 Å². The summed E-state index contributed by atoms with van der Waals surface area (Å²) >= 11 is 0. The number of aromatic nitrogens is 6. The molecule has 5 rings (SSSR count). The number of rotatable bonds is 3. The second-order valence-electron chi connectivity index (χ2n) is 7.36. The molecule has 0 bridgehead atoms. The fourth-order valence-corrected chi connectivity index (χ4v) is 3.94. The van der Waals surface area contributed by atoms with E-state index >= 15 is 0 Å². The minimum Gasteiger partial charge on any atom is -0.334 e. The molecule has 1 fully saturated rings. The van der Waals surface area contributed by atoms with Gasteiger partial charge in [0.25, 0.3) is 11.8 Å². The van der Waals surface area contributed by atoms with Crippen molar-refractivity contribution in [3.8, 4) is 11.5 Å². The molecule has 9 nitrogen and oxygen atoms in total. The van der Waals surface area contributed by atoms with Crippen LogP contribution in [0.2, 0.25) is 0 Å². The largest absolute Gasteiger partial charge is 0.334 e. The number of hydrogen-bond donors (Lipinski definition) is 1. The number of fused-ring (bicyclic) bond motifs is 1. The lowest BCUT2D eigenvalue weighted by Gasteiger charge is -2.28. The molecule has 1 amide bonds. The fraction of sp³-hybridized carbons (Fsp3) is 0.350. The number of benzene rings is 1. The predicted octanol–water partition coefficient (Wildman–Crippen LogP) is 3.10. The summed E-state index contributed by atoms with van der Waals surface area (Å²) in [4.78, 5) is 20.0. The minimum absolute atomic E-state index is 0.0422. The Kier molecular flexibility index (Phi) is 4.34. The van der Waals surface area contributed by atoms with Crippen LogP contribution in [0.4, 0.5) is 0 Å². The van der Waals surface area contributed by atoms with Gasteiger partial charge in [-0.25, -0.2) is 0 Å². The summed E-state index contributed by atoms with van der Waals surface area (Å²) in [5.41, 5.74) is 2.13. The smallest absolute Gasteiger partial charge is 0.261 e. The Bertz CT molecular complexity index is 1160. The molecule has 1 N–H and O–H groups in total. The summed E-state index contributed by atoms with van der Waals surface area (Å²) < 4.78 is 7.17. The molecule has 9 heteroatoms. The molecule has 1 aromatic carbocycles. The number of amides is 1. The molecular weight excluding hydrogens is 370 g/mol. The number of aromatic amines is 1. The number of H-pyrrole nitrogens is 1. The lowest BCUT2D eigenvalue weighted by atomic mass is 10.1. The Morgan fingerprint density at radius 1 is 1.24 bits per heavy atom. The van der Waals surface area contributed by atoms with Gasteiger partial charge < -0.3 is 9.42 Å². The summed E-state index contributed by atoms with van der Waals surface area (Å²) in [5.74, 6) is 0.913. The summed E-state index contributed by atoms with van der Waals surface area (Å²) in [5, 5.41) is 16.3. The van der Waals surface area contributed by atoms with Gasteiger partial charge in [-0.2, -0.15) is 15.2 Å². The van der Waals surface area contributed by atoms with Crippen molar-refractivity contribution < 1.29 is 9.32 Å². The van der Waals surface area contributed by atoms with E-state index in [0.717, 1.165) is 42.1 Å². The minimum atomic E-state index is -0.225. The third-order valence-corrected chi connectivity index (χ3v) is 5.41. The van der Waals surface area contributed by atoms with Crippen molar-refractivity contribution in [3.05, 3.63) is 48.2 Å². The van der Waals surface area contributed by atoms with Gasteiger partial charge in [0.2, 0.25) is 0 Å². The highest BCUT2D eigenvalue weighted by atomic mass is 16.5.